The van der Waals surface area contributed by atoms with Crippen LogP contribution in [0.2, 0.25) is 0 Å². The predicted octanol–water partition coefficient (Wildman–Crippen LogP) is 6.69. The maximum Gasteiger partial charge on any atom is 0.407 e. The number of Topliss-reactive ketones (excluding diaryl/α,β-unsaturated/α-hetero) is 1. The SMILES string of the molecule is CCC(CCCCCC(=O)CCc1ccco1)C(=O)OC.COC(=O)C(CCCCNC(=O)CCc1ccco1)NC(=O)OCCCCOC(=O)CCC(=O)OCCCCOC(C)=O. The lowest BCUT2D eigenvalue weighted by Crippen LogP contribution is -2.42. The largest absolute Gasteiger partial charge is 0.469 e. The van der Waals surface area contributed by atoms with Crippen LogP contribution in [0.15, 0.2) is 45.6 Å². The highest BCUT2D eigenvalue weighted by molar-refractivity contribution is 5.81. The maximum atomic E-state index is 12.1. The molecule has 0 aliphatic rings. The van der Waals surface area contributed by atoms with Gasteiger partial charge in [0.15, 0.2) is 0 Å². The van der Waals surface area contributed by atoms with E-state index in [-0.39, 0.29) is 68.8 Å². The number of furan rings is 2. The number of carbonyl (C=O) groups excluding carboxylic acids is 8. The van der Waals surface area contributed by atoms with Crippen molar-refractivity contribution < 1.29 is 75.6 Å². The van der Waals surface area contributed by atoms with Crippen molar-refractivity contribution >= 4 is 47.6 Å². The van der Waals surface area contributed by atoms with E-state index >= 15 is 0 Å². The summed E-state index contributed by atoms with van der Waals surface area (Å²) in [5.41, 5.74) is 0. The fraction of sp³-hybridized carbons (Fsp3) is 0.652. The Morgan fingerprint density at radius 1 is 0.594 bits per heavy atom. The van der Waals surface area contributed by atoms with E-state index in [0.29, 0.717) is 83.6 Å². The summed E-state index contributed by atoms with van der Waals surface area (Å²) in [5, 5.41) is 5.30. The quantitative estimate of drug-likeness (QED) is 0.0422. The molecule has 0 bridgehead atoms. The Balaban J connectivity index is 0.000000812. The molecule has 2 N–H and O–H groups in total. The van der Waals surface area contributed by atoms with Gasteiger partial charge in [-0.05, 0) is 88.5 Å². The maximum absolute atomic E-state index is 12.1. The van der Waals surface area contributed by atoms with E-state index in [1.54, 1.807) is 18.6 Å². The number of ether oxygens (including phenoxy) is 6. The van der Waals surface area contributed by atoms with Gasteiger partial charge in [0.05, 0.1) is 71.9 Å². The molecule has 0 radical (unpaired) electrons. The van der Waals surface area contributed by atoms with Gasteiger partial charge in [0.1, 0.15) is 23.3 Å². The number of ketones is 1. The van der Waals surface area contributed by atoms with Crippen LogP contribution >= 0.6 is 0 Å². The number of hydrogen-bond donors (Lipinski definition) is 2. The number of aryl methyl sites for hydroxylation is 2. The van der Waals surface area contributed by atoms with Crippen LogP contribution in [0.5, 0.6) is 0 Å². The first-order valence-corrected chi connectivity index (χ1v) is 22.2. The number of unbranched alkanes of at least 4 members (excludes halogenated alkanes) is 5. The smallest absolute Gasteiger partial charge is 0.407 e. The van der Waals surface area contributed by atoms with E-state index in [0.717, 1.165) is 43.6 Å². The zero-order chi connectivity index (χ0) is 47.2. The molecule has 2 aromatic rings. The summed E-state index contributed by atoms with van der Waals surface area (Å²) in [7, 11) is 2.66. The normalized spacial score (nSPS) is 11.4. The lowest BCUT2D eigenvalue weighted by molar-refractivity contribution is -0.150. The van der Waals surface area contributed by atoms with Crippen molar-refractivity contribution in [3.63, 3.8) is 0 Å². The number of hydrogen-bond acceptors (Lipinski definition) is 16. The van der Waals surface area contributed by atoms with Crippen molar-refractivity contribution in [2.45, 2.75) is 142 Å². The monoisotopic (exact) mass is 906 g/mol. The van der Waals surface area contributed by atoms with Gasteiger partial charge in [-0.2, -0.15) is 0 Å². The minimum Gasteiger partial charge on any atom is -0.469 e. The topological polar surface area (TPSA) is 242 Å². The van der Waals surface area contributed by atoms with Crippen LogP contribution in [0.25, 0.3) is 0 Å². The average Bonchev–Trinajstić information content (AvgIpc) is 4.02. The molecule has 64 heavy (non-hydrogen) atoms. The van der Waals surface area contributed by atoms with Gasteiger partial charge in [0.25, 0.3) is 0 Å². The molecule has 0 saturated carbocycles. The Morgan fingerprint density at radius 3 is 1.67 bits per heavy atom. The molecule has 2 amide bonds. The van der Waals surface area contributed by atoms with Gasteiger partial charge in [0.2, 0.25) is 5.91 Å². The lowest BCUT2D eigenvalue weighted by Gasteiger charge is -2.16. The van der Waals surface area contributed by atoms with Crippen LogP contribution in [0.4, 0.5) is 4.79 Å². The highest BCUT2D eigenvalue weighted by Crippen LogP contribution is 2.16. The van der Waals surface area contributed by atoms with Gasteiger partial charge in [-0.25, -0.2) is 9.59 Å². The second kappa shape index (κ2) is 36.8. The molecule has 2 aromatic heterocycles. The Morgan fingerprint density at radius 2 is 1.14 bits per heavy atom. The highest BCUT2D eigenvalue weighted by Gasteiger charge is 2.22. The number of rotatable bonds is 34. The van der Waals surface area contributed by atoms with Gasteiger partial charge in [-0.15, -0.1) is 0 Å². The number of alkyl carbamates (subject to hydrolysis) is 1. The third-order valence-corrected chi connectivity index (χ3v) is 9.64. The second-order valence-corrected chi connectivity index (χ2v) is 14.8. The molecule has 2 heterocycles. The summed E-state index contributed by atoms with van der Waals surface area (Å²) in [4.78, 5) is 93.3. The minimum absolute atomic E-state index is 0.00431. The number of carbonyl (C=O) groups is 8. The van der Waals surface area contributed by atoms with Gasteiger partial charge in [-0.1, -0.05) is 19.8 Å². The number of methoxy groups -OCH3 is 2. The van der Waals surface area contributed by atoms with Crippen LogP contribution in [-0.4, -0.2) is 101 Å². The highest BCUT2D eigenvalue weighted by atomic mass is 16.6. The first kappa shape index (κ1) is 56.3. The Labute approximate surface area is 376 Å². The van der Waals surface area contributed by atoms with Gasteiger partial charge < -0.3 is 47.9 Å². The molecule has 2 unspecified atom stereocenters. The van der Waals surface area contributed by atoms with E-state index < -0.39 is 30.0 Å². The van der Waals surface area contributed by atoms with Crippen LogP contribution in [-0.2, 0) is 74.8 Å². The van der Waals surface area contributed by atoms with E-state index in [1.807, 2.05) is 25.1 Å². The zero-order valence-corrected chi connectivity index (χ0v) is 38.1. The van der Waals surface area contributed by atoms with Crippen LogP contribution in [0.1, 0.15) is 135 Å². The molecule has 2 rings (SSSR count). The van der Waals surface area contributed by atoms with Crippen molar-refractivity contribution in [1.29, 1.82) is 0 Å². The molecule has 2 atom stereocenters. The van der Waals surface area contributed by atoms with Gasteiger partial charge >= 0.3 is 35.9 Å². The van der Waals surface area contributed by atoms with Crippen molar-refractivity contribution in [2.75, 3.05) is 47.2 Å². The number of amides is 2. The molecule has 18 heteroatoms. The standard InChI is InChI=1S/C29H44N2O12.C17H26O4/c1-22(32)39-17-5-6-18-41-26(34)14-15-27(35)42-19-7-8-20-43-29(37)31-24(28(36)38-2)11-3-4-16-30-25(33)13-12-23-10-9-21-40-23;1-3-14(17(19)20-2)8-5-4-6-9-15(18)11-12-16-10-7-13-21-16/h9-10,21,24H,3-8,11-20H2,1-2H3,(H,30,33)(H,31,37);7,10,13-14H,3-6,8-9,11-12H2,1-2H3. The number of esters is 5. The molecular weight excluding hydrogens is 837 g/mol. The Kier molecular flexibility index (Phi) is 32.4. The van der Waals surface area contributed by atoms with E-state index in [4.69, 9.17) is 37.3 Å². The summed E-state index contributed by atoms with van der Waals surface area (Å²) in [5.74, 6) is -0.340. The summed E-state index contributed by atoms with van der Waals surface area (Å²) in [6.45, 7) is 4.34. The molecule has 0 fully saturated rings. The second-order valence-electron chi connectivity index (χ2n) is 14.8. The fourth-order valence-corrected chi connectivity index (χ4v) is 5.95. The van der Waals surface area contributed by atoms with Crippen LogP contribution < -0.4 is 10.6 Å². The van der Waals surface area contributed by atoms with Crippen LogP contribution in [0, 0.1) is 5.92 Å². The third kappa shape index (κ3) is 30.4. The first-order chi connectivity index (χ1) is 30.9. The molecule has 18 nitrogen and oxygen atoms in total. The fourth-order valence-electron chi connectivity index (χ4n) is 5.95. The molecule has 360 valence electrons. The van der Waals surface area contributed by atoms with Crippen molar-refractivity contribution in [1.82, 2.24) is 10.6 Å². The molecule has 0 aliphatic carbocycles. The van der Waals surface area contributed by atoms with E-state index in [2.05, 4.69) is 10.6 Å². The van der Waals surface area contributed by atoms with E-state index in [9.17, 15) is 38.4 Å². The average molecular weight is 907 g/mol. The predicted molar refractivity (Wildman–Crippen MR) is 231 cm³/mol. The first-order valence-electron chi connectivity index (χ1n) is 22.2. The van der Waals surface area contributed by atoms with Gasteiger partial charge in [0, 0.05) is 45.6 Å². The molecule has 0 saturated heterocycles. The molecule has 0 aliphatic heterocycles. The van der Waals surface area contributed by atoms with Crippen LogP contribution in [0.3, 0.4) is 0 Å². The summed E-state index contributed by atoms with van der Waals surface area (Å²) in [6, 6.07) is 6.42. The molecule has 0 spiro atoms. The summed E-state index contributed by atoms with van der Waals surface area (Å²) in [6.07, 6.45) is 12.8. The van der Waals surface area contributed by atoms with Crippen molar-refractivity contribution in [2.24, 2.45) is 5.92 Å². The lowest BCUT2D eigenvalue weighted by atomic mass is 9.97. The Bertz CT molecular complexity index is 1610. The summed E-state index contributed by atoms with van der Waals surface area (Å²) >= 11 is 0. The Hall–Kier alpha value is -5.68. The molecular formula is C46H70N2O16. The minimum atomic E-state index is -0.888. The number of nitrogens with one attached hydrogen (secondary N) is 2. The summed E-state index contributed by atoms with van der Waals surface area (Å²) < 4.78 is 39.8. The van der Waals surface area contributed by atoms with Crippen molar-refractivity contribution in [3.8, 4) is 0 Å². The third-order valence-electron chi connectivity index (χ3n) is 9.64. The van der Waals surface area contributed by atoms with E-state index in [1.165, 1.54) is 21.1 Å². The van der Waals surface area contributed by atoms with Gasteiger partial charge in [-0.3, -0.25) is 28.8 Å². The van der Waals surface area contributed by atoms with Crippen molar-refractivity contribution in [3.05, 3.63) is 48.3 Å². The molecule has 0 aromatic carbocycles. The zero-order valence-electron chi connectivity index (χ0n) is 38.1.